The van der Waals surface area contributed by atoms with Crippen LogP contribution in [0.2, 0.25) is 0 Å². The molecule has 0 amide bonds. The van der Waals surface area contributed by atoms with Crippen LogP contribution in [0.1, 0.15) is 72.1 Å². The van der Waals surface area contributed by atoms with Crippen LogP contribution in [0.4, 0.5) is 0 Å². The molecular formula is C20H30O3. The van der Waals surface area contributed by atoms with Crippen LogP contribution in [0.15, 0.2) is 0 Å². The maximum absolute atomic E-state index is 13.2. The van der Waals surface area contributed by atoms with Gasteiger partial charge in [0.15, 0.2) is 0 Å². The van der Waals surface area contributed by atoms with Crippen LogP contribution in [-0.2, 0) is 9.59 Å². The van der Waals surface area contributed by atoms with Crippen molar-refractivity contribution in [3.8, 4) is 0 Å². The van der Waals surface area contributed by atoms with Crippen LogP contribution in [0.5, 0.6) is 0 Å². The number of hydrogen-bond donors (Lipinski definition) is 1. The van der Waals surface area contributed by atoms with Crippen LogP contribution < -0.4 is 0 Å². The molecule has 0 aromatic rings. The monoisotopic (exact) mass is 318 g/mol. The normalized spacial score (nSPS) is 56.0. The molecule has 0 aliphatic heterocycles. The fourth-order valence-electron chi connectivity index (χ4n) is 7.07. The molecule has 0 heterocycles. The first-order valence-corrected chi connectivity index (χ1v) is 9.46. The summed E-state index contributed by atoms with van der Waals surface area (Å²) in [4.78, 5) is 25.1. The third kappa shape index (κ3) is 1.92. The Morgan fingerprint density at radius 3 is 2.52 bits per heavy atom. The van der Waals surface area contributed by atoms with Crippen LogP contribution >= 0.6 is 0 Å². The second-order valence-electron chi connectivity index (χ2n) is 9.64. The van der Waals surface area contributed by atoms with Gasteiger partial charge < -0.3 is 5.11 Å². The van der Waals surface area contributed by atoms with Gasteiger partial charge in [-0.3, -0.25) is 9.59 Å². The first-order valence-electron chi connectivity index (χ1n) is 9.46. The highest BCUT2D eigenvalue weighted by molar-refractivity contribution is 5.86. The molecule has 0 unspecified atom stereocenters. The lowest BCUT2D eigenvalue weighted by molar-refractivity contribution is -0.170. The van der Waals surface area contributed by atoms with Crippen molar-refractivity contribution in [3.63, 3.8) is 0 Å². The van der Waals surface area contributed by atoms with Gasteiger partial charge in [0.05, 0.1) is 5.60 Å². The first kappa shape index (κ1) is 15.8. The van der Waals surface area contributed by atoms with E-state index < -0.39 is 5.60 Å². The molecule has 1 N–H and O–H groups in total. The summed E-state index contributed by atoms with van der Waals surface area (Å²) in [5, 5.41) is 10.9. The van der Waals surface area contributed by atoms with Crippen molar-refractivity contribution in [1.82, 2.24) is 0 Å². The Bertz CT molecular complexity index is 565. The average molecular weight is 318 g/mol. The summed E-state index contributed by atoms with van der Waals surface area (Å²) in [5.74, 6) is 2.18. The number of Topliss-reactive ketones (excluding diaryl/α,β-unsaturated/α-hetero) is 2. The van der Waals surface area contributed by atoms with Gasteiger partial charge in [-0.1, -0.05) is 13.8 Å². The van der Waals surface area contributed by atoms with E-state index in [4.69, 9.17) is 0 Å². The van der Waals surface area contributed by atoms with Gasteiger partial charge in [-0.2, -0.15) is 0 Å². The standard InChI is InChI=1S/C20H30O3/c1-18-8-6-13(21)10-12(18)4-5-14-15-7-9-20(3,23)19(15,2)11-16(22)17(14)18/h12,14-15,17,23H,4-11H2,1-3H3/t12-,14-,15-,17+,18-,19-,20-/m0/s1. The number of aliphatic hydroxyl groups is 1. The van der Waals surface area contributed by atoms with Gasteiger partial charge in [0.1, 0.15) is 11.6 Å². The third-order valence-corrected chi connectivity index (χ3v) is 8.73. The van der Waals surface area contributed by atoms with E-state index in [1.54, 1.807) is 0 Å². The molecule has 128 valence electrons. The van der Waals surface area contributed by atoms with Crippen molar-refractivity contribution < 1.29 is 14.7 Å². The summed E-state index contributed by atoms with van der Waals surface area (Å²) in [5.41, 5.74) is -0.943. The molecule has 3 heteroatoms. The van der Waals surface area contributed by atoms with E-state index >= 15 is 0 Å². The molecule has 4 aliphatic rings. The lowest BCUT2D eigenvalue weighted by Crippen LogP contribution is -2.59. The first-order chi connectivity index (χ1) is 10.7. The molecule has 4 aliphatic carbocycles. The Labute approximate surface area is 139 Å². The van der Waals surface area contributed by atoms with Crippen molar-refractivity contribution in [1.29, 1.82) is 0 Å². The summed E-state index contributed by atoms with van der Waals surface area (Å²) in [6, 6.07) is 0. The molecule has 0 saturated heterocycles. The SMILES string of the molecule is C[C@]12CCC(=O)C[C@@H]1CC[C@@H]1[C@@H]2C(=O)C[C@@]2(C)[C@H]1CC[C@]2(C)O. The van der Waals surface area contributed by atoms with Gasteiger partial charge in [0.25, 0.3) is 0 Å². The number of ketones is 2. The van der Waals surface area contributed by atoms with Gasteiger partial charge in [-0.15, -0.1) is 0 Å². The molecular weight excluding hydrogens is 288 g/mol. The van der Waals surface area contributed by atoms with E-state index in [-0.39, 0.29) is 16.7 Å². The van der Waals surface area contributed by atoms with Gasteiger partial charge in [-0.25, -0.2) is 0 Å². The highest BCUT2D eigenvalue weighted by Gasteiger charge is 2.65. The van der Waals surface area contributed by atoms with E-state index in [9.17, 15) is 14.7 Å². The van der Waals surface area contributed by atoms with E-state index in [0.29, 0.717) is 48.6 Å². The lowest BCUT2D eigenvalue weighted by Gasteiger charge is -2.59. The molecule has 4 fully saturated rings. The number of carbonyl (C=O) groups is 2. The molecule has 23 heavy (non-hydrogen) atoms. The molecule has 0 radical (unpaired) electrons. The quantitative estimate of drug-likeness (QED) is 0.743. The van der Waals surface area contributed by atoms with Crippen molar-refractivity contribution >= 4 is 11.6 Å². The zero-order valence-electron chi connectivity index (χ0n) is 14.7. The summed E-state index contributed by atoms with van der Waals surface area (Å²) < 4.78 is 0. The number of rotatable bonds is 0. The van der Waals surface area contributed by atoms with Crippen molar-refractivity contribution in [3.05, 3.63) is 0 Å². The second kappa shape index (κ2) is 4.68. The Balaban J connectivity index is 1.72. The Kier molecular flexibility index (Phi) is 3.22. The molecule has 0 spiro atoms. The minimum atomic E-state index is -0.710. The van der Waals surface area contributed by atoms with E-state index in [0.717, 1.165) is 32.1 Å². The second-order valence-corrected chi connectivity index (χ2v) is 9.64. The molecule has 7 atom stereocenters. The Hall–Kier alpha value is -0.700. The van der Waals surface area contributed by atoms with Crippen LogP contribution in [-0.4, -0.2) is 22.3 Å². The van der Waals surface area contributed by atoms with Gasteiger partial charge in [0, 0.05) is 30.6 Å². The van der Waals surface area contributed by atoms with E-state index in [2.05, 4.69) is 13.8 Å². The van der Waals surface area contributed by atoms with E-state index in [1.165, 1.54) is 0 Å². The fraction of sp³-hybridized carbons (Fsp3) is 0.900. The maximum Gasteiger partial charge on any atom is 0.137 e. The van der Waals surface area contributed by atoms with Crippen molar-refractivity contribution in [2.45, 2.75) is 77.7 Å². The molecule has 4 saturated carbocycles. The zero-order chi connectivity index (χ0) is 16.6. The summed E-state index contributed by atoms with van der Waals surface area (Å²) >= 11 is 0. The zero-order valence-corrected chi connectivity index (χ0v) is 14.7. The smallest absolute Gasteiger partial charge is 0.137 e. The average Bonchev–Trinajstić information content (AvgIpc) is 2.69. The fourth-order valence-corrected chi connectivity index (χ4v) is 7.07. The number of fused-ring (bicyclic) bond motifs is 5. The van der Waals surface area contributed by atoms with Crippen molar-refractivity contribution in [2.24, 2.45) is 34.5 Å². The van der Waals surface area contributed by atoms with E-state index in [1.807, 2.05) is 6.92 Å². The molecule has 3 nitrogen and oxygen atoms in total. The molecule has 4 rings (SSSR count). The summed E-state index contributed by atoms with van der Waals surface area (Å²) in [7, 11) is 0. The Morgan fingerprint density at radius 1 is 1.04 bits per heavy atom. The largest absolute Gasteiger partial charge is 0.390 e. The minimum absolute atomic E-state index is 0.0175. The highest BCUT2D eigenvalue weighted by atomic mass is 16.3. The predicted octanol–water partition coefficient (Wildman–Crippen LogP) is 3.53. The predicted molar refractivity (Wildman–Crippen MR) is 87.7 cm³/mol. The Morgan fingerprint density at radius 2 is 1.78 bits per heavy atom. The molecule has 0 bridgehead atoms. The molecule has 0 aromatic heterocycles. The summed E-state index contributed by atoms with van der Waals surface area (Å²) in [6.45, 7) is 6.37. The lowest BCUT2D eigenvalue weighted by atomic mass is 9.44. The van der Waals surface area contributed by atoms with Crippen molar-refractivity contribution in [2.75, 3.05) is 0 Å². The topological polar surface area (TPSA) is 54.4 Å². The minimum Gasteiger partial charge on any atom is -0.390 e. The number of hydrogen-bond acceptors (Lipinski definition) is 3. The molecule has 0 aromatic carbocycles. The van der Waals surface area contributed by atoms with Crippen LogP contribution in [0, 0.1) is 34.5 Å². The van der Waals surface area contributed by atoms with Gasteiger partial charge >= 0.3 is 0 Å². The van der Waals surface area contributed by atoms with Gasteiger partial charge in [0.2, 0.25) is 0 Å². The third-order valence-electron chi connectivity index (χ3n) is 8.73. The van der Waals surface area contributed by atoms with Gasteiger partial charge in [-0.05, 0) is 62.2 Å². The maximum atomic E-state index is 13.2. The van der Waals surface area contributed by atoms with Crippen LogP contribution in [0.25, 0.3) is 0 Å². The van der Waals surface area contributed by atoms with Crippen LogP contribution in [0.3, 0.4) is 0 Å². The summed E-state index contributed by atoms with van der Waals surface area (Å²) in [6.07, 6.45) is 6.80. The highest BCUT2D eigenvalue weighted by Crippen LogP contribution is 2.66. The number of carbonyl (C=O) groups excluding carboxylic acids is 2.